The molecular weight excluding hydrogens is 294 g/mol. The van der Waals surface area contributed by atoms with Crippen LogP contribution in [-0.2, 0) is 11.3 Å². The second-order valence-electron chi connectivity index (χ2n) is 6.23. The predicted molar refractivity (Wildman–Crippen MR) is 89.2 cm³/mol. The van der Waals surface area contributed by atoms with Crippen molar-refractivity contribution >= 4 is 16.8 Å². The van der Waals surface area contributed by atoms with Gasteiger partial charge in [-0.2, -0.15) is 0 Å². The number of aryl methyl sites for hydroxylation is 1. The summed E-state index contributed by atoms with van der Waals surface area (Å²) in [4.78, 5) is 28.8. The molecule has 0 spiro atoms. The molecule has 0 aliphatic rings. The van der Waals surface area contributed by atoms with Crippen molar-refractivity contribution in [2.24, 2.45) is 5.92 Å². The molecule has 2 rings (SSSR count). The fourth-order valence-electron chi connectivity index (χ4n) is 2.63. The van der Waals surface area contributed by atoms with Crippen LogP contribution in [0.2, 0.25) is 0 Å². The van der Waals surface area contributed by atoms with Crippen LogP contribution in [0.25, 0.3) is 10.9 Å². The molecule has 0 saturated heterocycles. The summed E-state index contributed by atoms with van der Waals surface area (Å²) in [6.07, 6.45) is 2.08. The maximum absolute atomic E-state index is 12.4. The number of aliphatic hydroxyl groups excluding tert-OH is 1. The average molecular weight is 317 g/mol. The zero-order valence-corrected chi connectivity index (χ0v) is 13.7. The molecule has 0 aliphatic heterocycles. The van der Waals surface area contributed by atoms with Gasteiger partial charge in [0.2, 0.25) is 5.91 Å². The Morgan fingerprint density at radius 3 is 2.78 bits per heavy atom. The van der Waals surface area contributed by atoms with Crippen molar-refractivity contribution in [3.8, 4) is 0 Å². The normalized spacial score (nSPS) is 12.6. The molecule has 0 bridgehead atoms. The molecule has 0 fully saturated rings. The molecule has 2 N–H and O–H groups in total. The van der Waals surface area contributed by atoms with Crippen LogP contribution in [0, 0.1) is 12.8 Å². The van der Waals surface area contributed by atoms with E-state index < -0.39 is 0 Å². The monoisotopic (exact) mass is 317 g/mol. The summed E-state index contributed by atoms with van der Waals surface area (Å²) in [5.41, 5.74) is 1.34. The van der Waals surface area contributed by atoms with Gasteiger partial charge in [0.25, 0.3) is 5.56 Å². The van der Waals surface area contributed by atoms with Crippen molar-refractivity contribution < 1.29 is 9.90 Å². The van der Waals surface area contributed by atoms with Crippen LogP contribution in [0.4, 0.5) is 0 Å². The second-order valence-corrected chi connectivity index (χ2v) is 6.23. The topological polar surface area (TPSA) is 84.2 Å². The molecule has 1 unspecified atom stereocenters. The van der Waals surface area contributed by atoms with E-state index in [1.54, 1.807) is 12.1 Å². The number of nitrogens with one attached hydrogen (secondary N) is 1. The van der Waals surface area contributed by atoms with Gasteiger partial charge in [-0.25, -0.2) is 4.98 Å². The number of fused-ring (bicyclic) bond motifs is 1. The van der Waals surface area contributed by atoms with Crippen LogP contribution in [0.15, 0.2) is 29.3 Å². The van der Waals surface area contributed by atoms with E-state index in [9.17, 15) is 14.7 Å². The molecule has 1 aromatic heterocycles. The smallest absolute Gasteiger partial charge is 0.261 e. The van der Waals surface area contributed by atoms with Crippen LogP contribution in [0.5, 0.6) is 0 Å². The third-order valence-electron chi connectivity index (χ3n) is 3.71. The zero-order valence-electron chi connectivity index (χ0n) is 13.7. The lowest BCUT2D eigenvalue weighted by molar-refractivity contribution is -0.122. The third kappa shape index (κ3) is 4.16. The Balaban J connectivity index is 2.17. The lowest BCUT2D eigenvalue weighted by Crippen LogP contribution is -2.41. The zero-order chi connectivity index (χ0) is 17.0. The Morgan fingerprint density at radius 2 is 2.13 bits per heavy atom. The Morgan fingerprint density at radius 1 is 1.39 bits per heavy atom. The number of hydrogen-bond acceptors (Lipinski definition) is 4. The fraction of sp³-hybridized carbons (Fsp3) is 0.471. The summed E-state index contributed by atoms with van der Waals surface area (Å²) in [7, 11) is 0. The minimum Gasteiger partial charge on any atom is -0.394 e. The van der Waals surface area contributed by atoms with E-state index >= 15 is 0 Å². The van der Waals surface area contributed by atoms with Crippen LogP contribution in [0.3, 0.4) is 0 Å². The van der Waals surface area contributed by atoms with Crippen LogP contribution in [0.1, 0.15) is 25.8 Å². The van der Waals surface area contributed by atoms with Crippen molar-refractivity contribution in [2.45, 2.75) is 39.8 Å². The summed E-state index contributed by atoms with van der Waals surface area (Å²) in [6.45, 7) is 5.71. The first-order valence-electron chi connectivity index (χ1n) is 7.77. The van der Waals surface area contributed by atoms with E-state index in [4.69, 9.17) is 0 Å². The molecule has 2 aromatic rings. The average Bonchev–Trinajstić information content (AvgIpc) is 2.49. The van der Waals surface area contributed by atoms with E-state index in [0.717, 1.165) is 5.56 Å². The van der Waals surface area contributed by atoms with Crippen LogP contribution in [-0.4, -0.2) is 33.2 Å². The van der Waals surface area contributed by atoms with Gasteiger partial charge in [0, 0.05) is 0 Å². The quantitative estimate of drug-likeness (QED) is 0.839. The molecule has 0 radical (unpaired) electrons. The lowest BCUT2D eigenvalue weighted by atomic mass is 10.0. The van der Waals surface area contributed by atoms with E-state index in [1.807, 2.05) is 26.8 Å². The number of aromatic nitrogens is 2. The third-order valence-corrected chi connectivity index (χ3v) is 3.71. The number of carbonyl (C=O) groups is 1. The van der Waals surface area contributed by atoms with Crippen molar-refractivity contribution in [3.63, 3.8) is 0 Å². The highest BCUT2D eigenvalue weighted by atomic mass is 16.3. The van der Waals surface area contributed by atoms with Gasteiger partial charge in [-0.05, 0) is 30.9 Å². The number of hydrogen-bond donors (Lipinski definition) is 2. The number of amides is 1. The summed E-state index contributed by atoms with van der Waals surface area (Å²) in [6, 6.07) is 5.11. The standard InChI is InChI=1S/C17H23N3O3/c1-11(2)7-13(9-21)19-15(22)8-20-10-18-16-12(3)5-4-6-14(16)17(20)23/h4-6,10-11,13,21H,7-9H2,1-3H3,(H,19,22). The van der Waals surface area contributed by atoms with Gasteiger partial charge in [-0.15, -0.1) is 0 Å². The number of aliphatic hydroxyl groups is 1. The van der Waals surface area contributed by atoms with Crippen molar-refractivity contribution in [2.75, 3.05) is 6.61 Å². The van der Waals surface area contributed by atoms with Gasteiger partial charge in [-0.3, -0.25) is 14.2 Å². The van der Waals surface area contributed by atoms with Crippen molar-refractivity contribution in [1.82, 2.24) is 14.9 Å². The van der Waals surface area contributed by atoms with E-state index in [2.05, 4.69) is 10.3 Å². The maximum Gasteiger partial charge on any atom is 0.261 e. The molecule has 0 aliphatic carbocycles. The lowest BCUT2D eigenvalue weighted by Gasteiger charge is -2.18. The van der Waals surface area contributed by atoms with Gasteiger partial charge < -0.3 is 10.4 Å². The molecule has 1 aromatic carbocycles. The van der Waals surface area contributed by atoms with Gasteiger partial charge in [0.15, 0.2) is 0 Å². The highest BCUT2D eigenvalue weighted by Crippen LogP contribution is 2.11. The number of carbonyl (C=O) groups excluding carboxylic acids is 1. The van der Waals surface area contributed by atoms with Crippen molar-refractivity contribution in [3.05, 3.63) is 40.4 Å². The first-order valence-corrected chi connectivity index (χ1v) is 7.77. The Labute approximate surface area is 135 Å². The molecule has 6 nitrogen and oxygen atoms in total. The summed E-state index contributed by atoms with van der Waals surface area (Å²) in [5.74, 6) is 0.0566. The first-order chi connectivity index (χ1) is 10.9. The van der Waals surface area contributed by atoms with Crippen LogP contribution >= 0.6 is 0 Å². The molecular formula is C17H23N3O3. The van der Waals surface area contributed by atoms with Crippen LogP contribution < -0.4 is 10.9 Å². The number of rotatable bonds is 6. The first kappa shape index (κ1) is 17.1. The number of para-hydroxylation sites is 1. The van der Waals surface area contributed by atoms with E-state index in [1.165, 1.54) is 10.9 Å². The minimum absolute atomic E-state index is 0.107. The summed E-state index contributed by atoms with van der Waals surface area (Å²) < 4.78 is 1.29. The molecule has 1 atom stereocenters. The second kappa shape index (κ2) is 7.37. The number of nitrogens with zero attached hydrogens (tertiary/aromatic N) is 2. The van der Waals surface area contributed by atoms with E-state index in [0.29, 0.717) is 23.2 Å². The highest BCUT2D eigenvalue weighted by molar-refractivity contribution is 5.81. The van der Waals surface area contributed by atoms with Crippen molar-refractivity contribution in [1.29, 1.82) is 0 Å². The predicted octanol–water partition coefficient (Wildman–Crippen LogP) is 1.23. The summed E-state index contributed by atoms with van der Waals surface area (Å²) >= 11 is 0. The van der Waals surface area contributed by atoms with Gasteiger partial charge in [0.1, 0.15) is 6.54 Å². The summed E-state index contributed by atoms with van der Waals surface area (Å²) in [5, 5.41) is 12.6. The van der Waals surface area contributed by atoms with Gasteiger partial charge in [-0.1, -0.05) is 26.0 Å². The van der Waals surface area contributed by atoms with Gasteiger partial charge >= 0.3 is 0 Å². The Kier molecular flexibility index (Phi) is 5.50. The van der Waals surface area contributed by atoms with E-state index in [-0.39, 0.29) is 30.7 Å². The maximum atomic E-state index is 12.4. The minimum atomic E-state index is -0.305. The molecule has 1 amide bonds. The number of benzene rings is 1. The SMILES string of the molecule is Cc1cccc2c(=O)n(CC(=O)NC(CO)CC(C)C)cnc12. The largest absolute Gasteiger partial charge is 0.394 e. The molecule has 0 saturated carbocycles. The molecule has 23 heavy (non-hydrogen) atoms. The highest BCUT2D eigenvalue weighted by Gasteiger charge is 2.14. The van der Waals surface area contributed by atoms with Gasteiger partial charge in [0.05, 0.1) is 29.9 Å². The fourth-order valence-corrected chi connectivity index (χ4v) is 2.63. The molecule has 1 heterocycles. The Bertz CT molecular complexity index is 752. The Hall–Kier alpha value is -2.21. The molecule has 124 valence electrons. The molecule has 6 heteroatoms.